The van der Waals surface area contributed by atoms with Gasteiger partial charge in [0.05, 0.1) is 17.0 Å². The number of carbonyl (C=O) groups excluding carboxylic acids is 1. The van der Waals surface area contributed by atoms with E-state index < -0.39 is 0 Å². The SMILES string of the molecule is Nn1c(N/N=C/c2ccc(Cl)cc2Cl)nnc1SCC(=O)Nc1nnc(SCc2ccccc2Cl)s1. The molecule has 0 unspecified atom stereocenters. The molecule has 0 aliphatic heterocycles. The van der Waals surface area contributed by atoms with Gasteiger partial charge in [-0.25, -0.2) is 10.1 Å². The molecular weight excluding hydrogens is 585 g/mol. The number of rotatable bonds is 10. The molecule has 2 heterocycles. The quantitative estimate of drug-likeness (QED) is 0.0731. The van der Waals surface area contributed by atoms with E-state index in [4.69, 9.17) is 40.6 Å². The van der Waals surface area contributed by atoms with Crippen LogP contribution in [-0.2, 0) is 10.5 Å². The maximum atomic E-state index is 12.3. The first-order chi connectivity index (χ1) is 17.4. The van der Waals surface area contributed by atoms with Crippen LogP contribution in [0.3, 0.4) is 0 Å². The van der Waals surface area contributed by atoms with E-state index in [0.29, 0.717) is 36.7 Å². The van der Waals surface area contributed by atoms with Gasteiger partial charge in [-0.15, -0.1) is 20.4 Å². The van der Waals surface area contributed by atoms with E-state index in [1.165, 1.54) is 34.0 Å². The third-order valence-corrected chi connectivity index (χ3v) is 8.18. The van der Waals surface area contributed by atoms with Crippen LogP contribution < -0.4 is 16.6 Å². The number of thioether (sulfide) groups is 2. The first kappa shape index (κ1) is 26.5. The molecule has 0 aliphatic carbocycles. The van der Waals surface area contributed by atoms with Gasteiger partial charge >= 0.3 is 0 Å². The molecule has 0 saturated heterocycles. The predicted molar refractivity (Wildman–Crippen MR) is 148 cm³/mol. The van der Waals surface area contributed by atoms with Crippen molar-refractivity contribution in [1.82, 2.24) is 25.1 Å². The minimum Gasteiger partial charge on any atom is -0.334 e. The maximum absolute atomic E-state index is 12.3. The molecule has 4 rings (SSSR count). The van der Waals surface area contributed by atoms with Crippen LogP contribution in [0.1, 0.15) is 11.1 Å². The fourth-order valence-corrected chi connectivity index (χ4v) is 5.74. The van der Waals surface area contributed by atoms with Gasteiger partial charge in [0.15, 0.2) is 4.34 Å². The number of aromatic nitrogens is 5. The van der Waals surface area contributed by atoms with E-state index in [0.717, 1.165) is 21.7 Å². The number of hydrazone groups is 1. The highest BCUT2D eigenvalue weighted by molar-refractivity contribution is 8.00. The number of nitrogens with one attached hydrogen (secondary N) is 2. The van der Waals surface area contributed by atoms with Crippen molar-refractivity contribution in [2.75, 3.05) is 22.3 Å². The summed E-state index contributed by atoms with van der Waals surface area (Å²) in [5.41, 5.74) is 4.34. The van der Waals surface area contributed by atoms with Crippen LogP contribution >= 0.6 is 69.7 Å². The topological polar surface area (TPSA) is 136 Å². The lowest BCUT2D eigenvalue weighted by atomic mass is 10.2. The molecule has 186 valence electrons. The lowest BCUT2D eigenvalue weighted by molar-refractivity contribution is -0.113. The largest absolute Gasteiger partial charge is 0.334 e. The number of nitrogen functional groups attached to an aromatic ring is 1. The van der Waals surface area contributed by atoms with Gasteiger partial charge in [0.25, 0.3) is 5.95 Å². The summed E-state index contributed by atoms with van der Waals surface area (Å²) in [7, 11) is 0. The average molecular weight is 601 g/mol. The van der Waals surface area contributed by atoms with Crippen LogP contribution in [0.4, 0.5) is 11.1 Å². The van der Waals surface area contributed by atoms with Crippen LogP contribution in [-0.4, -0.2) is 42.9 Å². The molecule has 0 bridgehead atoms. The number of hydrogen-bond donors (Lipinski definition) is 3. The second kappa shape index (κ2) is 12.6. The van der Waals surface area contributed by atoms with Crippen LogP contribution in [0, 0.1) is 0 Å². The molecule has 0 radical (unpaired) electrons. The number of hydrogen-bond acceptors (Lipinski definition) is 11. The van der Waals surface area contributed by atoms with Gasteiger partial charge in [-0.1, -0.05) is 93.9 Å². The molecule has 1 amide bonds. The number of nitrogens with zero attached hydrogens (tertiary/aromatic N) is 6. The number of nitrogens with two attached hydrogens (primary N) is 1. The Morgan fingerprint density at radius 2 is 1.92 bits per heavy atom. The average Bonchev–Trinajstić information content (AvgIpc) is 3.44. The standard InChI is InChI=1S/C20H16Cl3N9OS3/c21-13-6-5-11(15(23)7-13)8-25-27-17-28-30-19(32(17)24)34-10-16(33)26-18-29-31-20(36-18)35-9-12-3-1-2-4-14(12)22/h1-8H,9-10,24H2,(H,27,28)(H,26,29,33)/b25-8+. The van der Waals surface area contributed by atoms with E-state index in [1.54, 1.807) is 18.2 Å². The highest BCUT2D eigenvalue weighted by atomic mass is 35.5. The second-order valence-corrected chi connectivity index (χ2v) is 11.2. The number of amides is 1. The van der Waals surface area contributed by atoms with Crippen molar-refractivity contribution in [3.05, 3.63) is 68.7 Å². The van der Waals surface area contributed by atoms with Crippen LogP contribution in [0.25, 0.3) is 0 Å². The van der Waals surface area contributed by atoms with Crippen molar-refractivity contribution in [3.8, 4) is 0 Å². The highest BCUT2D eigenvalue weighted by Gasteiger charge is 2.14. The lowest BCUT2D eigenvalue weighted by Crippen LogP contribution is -2.16. The van der Waals surface area contributed by atoms with E-state index in [2.05, 4.69) is 36.2 Å². The Balaban J connectivity index is 1.25. The van der Waals surface area contributed by atoms with Gasteiger partial charge < -0.3 is 5.84 Å². The fraction of sp³-hybridized carbons (Fsp3) is 0.100. The third-order valence-electron chi connectivity index (χ3n) is 4.29. The summed E-state index contributed by atoms with van der Waals surface area (Å²) >= 11 is 22.0. The molecule has 16 heteroatoms. The fourth-order valence-electron chi connectivity index (χ4n) is 2.58. The Labute approximate surface area is 233 Å². The summed E-state index contributed by atoms with van der Waals surface area (Å²) in [6.07, 6.45) is 1.50. The second-order valence-electron chi connectivity index (χ2n) is 6.80. The van der Waals surface area contributed by atoms with Crippen molar-refractivity contribution in [2.24, 2.45) is 5.10 Å². The van der Waals surface area contributed by atoms with E-state index >= 15 is 0 Å². The molecular formula is C20H16Cl3N9OS3. The molecule has 2 aromatic carbocycles. The van der Waals surface area contributed by atoms with Gasteiger partial charge in [-0.2, -0.15) is 5.10 Å². The number of halogens is 3. The Hall–Kier alpha value is -2.55. The highest BCUT2D eigenvalue weighted by Crippen LogP contribution is 2.30. The van der Waals surface area contributed by atoms with Crippen LogP contribution in [0.2, 0.25) is 15.1 Å². The predicted octanol–water partition coefficient (Wildman–Crippen LogP) is 5.27. The van der Waals surface area contributed by atoms with Gasteiger partial charge in [-0.3, -0.25) is 10.1 Å². The normalized spacial score (nSPS) is 11.2. The molecule has 0 atom stereocenters. The summed E-state index contributed by atoms with van der Waals surface area (Å²) in [5.74, 6) is 6.58. The lowest BCUT2D eigenvalue weighted by Gasteiger charge is -2.03. The van der Waals surface area contributed by atoms with E-state index in [-0.39, 0.29) is 17.6 Å². The van der Waals surface area contributed by atoms with Crippen LogP contribution in [0.15, 0.2) is 57.1 Å². The first-order valence-corrected chi connectivity index (χ1v) is 13.9. The minimum absolute atomic E-state index is 0.0423. The maximum Gasteiger partial charge on any atom is 0.264 e. The number of anilines is 2. The van der Waals surface area contributed by atoms with Crippen molar-refractivity contribution >= 4 is 92.9 Å². The molecule has 2 aromatic heterocycles. The van der Waals surface area contributed by atoms with E-state index in [1.807, 2.05) is 24.3 Å². The molecule has 0 fully saturated rings. The van der Waals surface area contributed by atoms with Gasteiger partial charge in [0.1, 0.15) is 0 Å². The third kappa shape index (κ3) is 7.24. The van der Waals surface area contributed by atoms with Gasteiger partial charge in [-0.05, 0) is 23.8 Å². The smallest absolute Gasteiger partial charge is 0.264 e. The molecule has 4 aromatic rings. The molecule has 0 spiro atoms. The Morgan fingerprint density at radius 3 is 2.72 bits per heavy atom. The van der Waals surface area contributed by atoms with Crippen molar-refractivity contribution in [2.45, 2.75) is 15.2 Å². The molecule has 0 aliphatic rings. The summed E-state index contributed by atoms with van der Waals surface area (Å²) in [6, 6.07) is 12.6. The zero-order chi connectivity index (χ0) is 25.5. The summed E-state index contributed by atoms with van der Waals surface area (Å²) in [6.45, 7) is 0. The Morgan fingerprint density at radius 1 is 1.08 bits per heavy atom. The molecule has 0 saturated carbocycles. The summed E-state index contributed by atoms with van der Waals surface area (Å²) < 4.78 is 1.91. The zero-order valence-electron chi connectivity index (χ0n) is 18.1. The molecule has 36 heavy (non-hydrogen) atoms. The molecule has 10 nitrogen and oxygen atoms in total. The van der Waals surface area contributed by atoms with Crippen LogP contribution in [0.5, 0.6) is 0 Å². The first-order valence-electron chi connectivity index (χ1n) is 9.96. The van der Waals surface area contributed by atoms with E-state index in [9.17, 15) is 4.79 Å². The van der Waals surface area contributed by atoms with Gasteiger partial charge in [0.2, 0.25) is 16.2 Å². The minimum atomic E-state index is -0.285. The number of benzene rings is 2. The zero-order valence-corrected chi connectivity index (χ0v) is 22.8. The summed E-state index contributed by atoms with van der Waals surface area (Å²) in [5, 5.41) is 25.2. The Bertz CT molecular complexity index is 1400. The van der Waals surface area contributed by atoms with Gasteiger partial charge in [0, 0.05) is 21.4 Å². The van der Waals surface area contributed by atoms with Crippen molar-refractivity contribution < 1.29 is 4.79 Å². The summed E-state index contributed by atoms with van der Waals surface area (Å²) in [4.78, 5) is 12.3. The monoisotopic (exact) mass is 599 g/mol. The number of carbonyl (C=O) groups is 1. The Kier molecular flexibility index (Phi) is 9.29. The van der Waals surface area contributed by atoms with Crippen molar-refractivity contribution in [3.63, 3.8) is 0 Å². The molecule has 4 N–H and O–H groups in total. The van der Waals surface area contributed by atoms with Crippen molar-refractivity contribution in [1.29, 1.82) is 0 Å².